The molecule has 1 aliphatic carbocycles. The zero-order chi connectivity index (χ0) is 10.6. The van der Waals surface area contributed by atoms with Crippen LogP contribution in [0, 0.1) is 11.8 Å². The van der Waals surface area contributed by atoms with Crippen molar-refractivity contribution in [3.8, 4) is 0 Å². The molecule has 0 aromatic carbocycles. The molecule has 0 radical (unpaired) electrons. The van der Waals surface area contributed by atoms with Crippen LogP contribution in [0.4, 0.5) is 0 Å². The molecule has 0 heterocycles. The lowest BCUT2D eigenvalue weighted by Crippen LogP contribution is -2.41. The fourth-order valence-electron chi connectivity index (χ4n) is 2.59. The molecule has 2 heteroatoms. The molecule has 0 bridgehead atoms. The van der Waals surface area contributed by atoms with Crippen molar-refractivity contribution >= 4 is 0 Å². The van der Waals surface area contributed by atoms with Gasteiger partial charge in [-0.2, -0.15) is 0 Å². The summed E-state index contributed by atoms with van der Waals surface area (Å²) in [5.41, 5.74) is 4.25. The van der Waals surface area contributed by atoms with Gasteiger partial charge in [-0.25, -0.2) is 0 Å². The topological polar surface area (TPSA) is 38.0 Å². The summed E-state index contributed by atoms with van der Waals surface area (Å²) in [6.07, 6.45) is 6.32. The molecule has 1 rings (SSSR count). The number of nitrogens with two attached hydrogens (primary N) is 1. The van der Waals surface area contributed by atoms with Crippen molar-refractivity contribution in [1.29, 1.82) is 0 Å². The molecule has 2 nitrogen and oxygen atoms in total. The third-order valence-electron chi connectivity index (χ3n) is 3.54. The van der Waals surface area contributed by atoms with Crippen LogP contribution in [-0.2, 0) is 0 Å². The summed E-state index contributed by atoms with van der Waals surface area (Å²) < 4.78 is 0. The number of rotatable bonds is 5. The standard InChI is InChI=1S/C12H24N2/c1-9(2)7-8-12(14-13)11-6-4-5-10(11)3/h10-12,14H,1,4-8,13H2,2-3H3. The summed E-state index contributed by atoms with van der Waals surface area (Å²) in [5.74, 6) is 7.23. The highest BCUT2D eigenvalue weighted by Crippen LogP contribution is 2.34. The van der Waals surface area contributed by atoms with Gasteiger partial charge in [0.25, 0.3) is 0 Å². The fourth-order valence-corrected chi connectivity index (χ4v) is 2.59. The van der Waals surface area contributed by atoms with Gasteiger partial charge in [0.15, 0.2) is 0 Å². The molecule has 3 atom stereocenters. The molecule has 3 unspecified atom stereocenters. The third-order valence-corrected chi connectivity index (χ3v) is 3.54. The van der Waals surface area contributed by atoms with Crippen molar-refractivity contribution in [1.82, 2.24) is 5.43 Å². The van der Waals surface area contributed by atoms with Gasteiger partial charge in [-0.15, -0.1) is 6.58 Å². The van der Waals surface area contributed by atoms with E-state index in [1.165, 1.54) is 24.8 Å². The average molecular weight is 196 g/mol. The second kappa shape index (κ2) is 5.52. The van der Waals surface area contributed by atoms with E-state index in [1.807, 2.05) is 0 Å². The smallest absolute Gasteiger partial charge is 0.0244 e. The van der Waals surface area contributed by atoms with Gasteiger partial charge >= 0.3 is 0 Å². The summed E-state index contributed by atoms with van der Waals surface area (Å²) in [5, 5.41) is 0. The molecule has 0 aromatic heterocycles. The maximum absolute atomic E-state index is 5.62. The van der Waals surface area contributed by atoms with Crippen molar-refractivity contribution < 1.29 is 0 Å². The maximum Gasteiger partial charge on any atom is 0.0244 e. The van der Waals surface area contributed by atoms with Gasteiger partial charge in [-0.05, 0) is 38.0 Å². The normalized spacial score (nSPS) is 29.1. The number of hydrogen-bond donors (Lipinski definition) is 2. The van der Waals surface area contributed by atoms with Crippen molar-refractivity contribution in [2.75, 3.05) is 0 Å². The van der Waals surface area contributed by atoms with Crippen molar-refractivity contribution in [2.45, 2.75) is 52.0 Å². The van der Waals surface area contributed by atoms with Gasteiger partial charge in [-0.1, -0.05) is 25.3 Å². The van der Waals surface area contributed by atoms with Crippen molar-refractivity contribution in [2.24, 2.45) is 17.7 Å². The van der Waals surface area contributed by atoms with Crippen LogP contribution in [-0.4, -0.2) is 6.04 Å². The Balaban J connectivity index is 2.40. The minimum absolute atomic E-state index is 0.490. The van der Waals surface area contributed by atoms with Gasteiger partial charge in [0.1, 0.15) is 0 Å². The van der Waals surface area contributed by atoms with E-state index < -0.39 is 0 Å². The first-order valence-electron chi connectivity index (χ1n) is 5.75. The average Bonchev–Trinajstić information content (AvgIpc) is 2.53. The summed E-state index contributed by atoms with van der Waals surface area (Å²) in [6, 6.07) is 0.490. The molecule has 3 N–H and O–H groups in total. The number of allylic oxidation sites excluding steroid dienone is 1. The highest BCUT2D eigenvalue weighted by molar-refractivity contribution is 4.91. The first-order valence-corrected chi connectivity index (χ1v) is 5.75. The highest BCUT2D eigenvalue weighted by Gasteiger charge is 2.29. The molecule has 82 valence electrons. The molecule has 1 fully saturated rings. The van der Waals surface area contributed by atoms with E-state index in [4.69, 9.17) is 5.84 Å². The van der Waals surface area contributed by atoms with Gasteiger partial charge in [0, 0.05) is 6.04 Å². The Morgan fingerprint density at radius 2 is 2.29 bits per heavy atom. The molecule has 14 heavy (non-hydrogen) atoms. The minimum atomic E-state index is 0.490. The predicted molar refractivity (Wildman–Crippen MR) is 61.7 cm³/mol. The lowest BCUT2D eigenvalue weighted by Gasteiger charge is -2.26. The molecule has 1 saturated carbocycles. The summed E-state index contributed by atoms with van der Waals surface area (Å²) in [6.45, 7) is 8.38. The van der Waals surface area contributed by atoms with Crippen LogP contribution >= 0.6 is 0 Å². The molecule has 0 saturated heterocycles. The van der Waals surface area contributed by atoms with Crippen molar-refractivity contribution in [3.05, 3.63) is 12.2 Å². The Kier molecular flexibility index (Phi) is 4.63. The second-order valence-corrected chi connectivity index (χ2v) is 4.84. The minimum Gasteiger partial charge on any atom is -0.271 e. The van der Waals surface area contributed by atoms with Crippen LogP contribution in [0.1, 0.15) is 46.0 Å². The molecule has 0 spiro atoms. The highest BCUT2D eigenvalue weighted by atomic mass is 15.2. The Morgan fingerprint density at radius 3 is 2.71 bits per heavy atom. The van der Waals surface area contributed by atoms with Gasteiger partial charge < -0.3 is 0 Å². The maximum atomic E-state index is 5.62. The van der Waals surface area contributed by atoms with Crippen LogP contribution < -0.4 is 11.3 Å². The van der Waals surface area contributed by atoms with Crippen LogP contribution in [0.3, 0.4) is 0 Å². The van der Waals surface area contributed by atoms with Crippen LogP contribution in [0.5, 0.6) is 0 Å². The van der Waals surface area contributed by atoms with E-state index in [-0.39, 0.29) is 0 Å². The van der Waals surface area contributed by atoms with Crippen LogP contribution in [0.15, 0.2) is 12.2 Å². The molecule has 0 aliphatic heterocycles. The quantitative estimate of drug-likeness (QED) is 0.403. The van der Waals surface area contributed by atoms with Crippen LogP contribution in [0.25, 0.3) is 0 Å². The van der Waals surface area contributed by atoms with Crippen molar-refractivity contribution in [3.63, 3.8) is 0 Å². The lowest BCUT2D eigenvalue weighted by atomic mass is 9.87. The van der Waals surface area contributed by atoms with E-state index in [0.29, 0.717) is 6.04 Å². The van der Waals surface area contributed by atoms with E-state index in [2.05, 4.69) is 25.9 Å². The first kappa shape index (κ1) is 11.7. The molecular formula is C12H24N2. The SMILES string of the molecule is C=C(C)CCC(NN)C1CCCC1C. The molecule has 0 amide bonds. The largest absolute Gasteiger partial charge is 0.271 e. The van der Waals surface area contributed by atoms with E-state index in [0.717, 1.165) is 24.7 Å². The Labute approximate surface area is 87.9 Å². The second-order valence-electron chi connectivity index (χ2n) is 4.84. The van der Waals surface area contributed by atoms with Gasteiger partial charge in [0.05, 0.1) is 0 Å². The van der Waals surface area contributed by atoms with E-state index in [1.54, 1.807) is 0 Å². The molecule has 1 aliphatic rings. The third kappa shape index (κ3) is 3.10. The summed E-state index contributed by atoms with van der Waals surface area (Å²) >= 11 is 0. The Bertz CT molecular complexity index is 189. The zero-order valence-electron chi connectivity index (χ0n) is 9.55. The first-order chi connectivity index (χ1) is 6.65. The molecular weight excluding hydrogens is 172 g/mol. The fraction of sp³-hybridized carbons (Fsp3) is 0.833. The molecule has 0 aromatic rings. The summed E-state index contributed by atoms with van der Waals surface area (Å²) in [4.78, 5) is 0. The van der Waals surface area contributed by atoms with E-state index in [9.17, 15) is 0 Å². The summed E-state index contributed by atoms with van der Waals surface area (Å²) in [7, 11) is 0. The lowest BCUT2D eigenvalue weighted by molar-refractivity contribution is 0.286. The monoisotopic (exact) mass is 196 g/mol. The Morgan fingerprint density at radius 1 is 1.57 bits per heavy atom. The van der Waals surface area contributed by atoms with E-state index >= 15 is 0 Å². The number of hydrazine groups is 1. The Hall–Kier alpha value is -0.340. The number of nitrogens with one attached hydrogen (secondary N) is 1. The van der Waals surface area contributed by atoms with Crippen LogP contribution in [0.2, 0.25) is 0 Å². The number of hydrogen-bond acceptors (Lipinski definition) is 2. The van der Waals surface area contributed by atoms with Gasteiger partial charge in [0.2, 0.25) is 0 Å². The zero-order valence-corrected chi connectivity index (χ0v) is 9.55. The van der Waals surface area contributed by atoms with Gasteiger partial charge in [-0.3, -0.25) is 11.3 Å². The predicted octanol–water partition coefficient (Wildman–Crippen LogP) is 2.61.